The summed E-state index contributed by atoms with van der Waals surface area (Å²) in [6, 6.07) is 95.2. The highest BCUT2D eigenvalue weighted by molar-refractivity contribution is 7.26. The van der Waals surface area contributed by atoms with Crippen molar-refractivity contribution < 1.29 is 0 Å². The van der Waals surface area contributed by atoms with Crippen LogP contribution in [0.3, 0.4) is 0 Å². The molecule has 11 aromatic carbocycles. The van der Waals surface area contributed by atoms with Crippen LogP contribution in [0.1, 0.15) is 0 Å². The summed E-state index contributed by atoms with van der Waals surface area (Å²) < 4.78 is 2.63. The van der Waals surface area contributed by atoms with Crippen LogP contribution >= 0.6 is 11.3 Å². The zero-order valence-electron chi connectivity index (χ0n) is 36.2. The Kier molecular flexibility index (Phi) is 10.1. The van der Waals surface area contributed by atoms with Gasteiger partial charge < -0.3 is 4.90 Å². The third-order valence-corrected chi connectivity index (χ3v) is 14.1. The number of benzene rings is 11. The Morgan fingerprint density at radius 3 is 1.45 bits per heavy atom. The first-order valence-electron chi connectivity index (χ1n) is 22.6. The minimum atomic E-state index is 1.08. The summed E-state index contributed by atoms with van der Waals surface area (Å²) in [7, 11) is 0. The summed E-state index contributed by atoms with van der Waals surface area (Å²) in [4.78, 5) is 2.44. The summed E-state index contributed by atoms with van der Waals surface area (Å²) in [6.45, 7) is 0. The first-order chi connectivity index (χ1) is 32.7. The van der Waals surface area contributed by atoms with Gasteiger partial charge in [-0.15, -0.1) is 11.3 Å². The van der Waals surface area contributed by atoms with E-state index in [-0.39, 0.29) is 0 Å². The Morgan fingerprint density at radius 2 is 0.742 bits per heavy atom. The topological polar surface area (TPSA) is 3.24 Å². The minimum absolute atomic E-state index is 1.08. The fourth-order valence-corrected chi connectivity index (χ4v) is 10.9. The molecule has 66 heavy (non-hydrogen) atoms. The van der Waals surface area contributed by atoms with Gasteiger partial charge in [0.05, 0.1) is 5.69 Å². The lowest BCUT2D eigenvalue weighted by Crippen LogP contribution is -2.12. The van der Waals surface area contributed by atoms with Crippen molar-refractivity contribution in [2.75, 3.05) is 4.90 Å². The van der Waals surface area contributed by atoms with Gasteiger partial charge in [-0.2, -0.15) is 0 Å². The minimum Gasteiger partial charge on any atom is -0.310 e. The Bertz CT molecular complexity index is 3660. The van der Waals surface area contributed by atoms with E-state index in [0.717, 1.165) is 17.1 Å². The van der Waals surface area contributed by atoms with Crippen molar-refractivity contribution in [2.45, 2.75) is 0 Å². The number of hydrogen-bond acceptors (Lipinski definition) is 2. The van der Waals surface area contributed by atoms with Crippen molar-refractivity contribution in [1.82, 2.24) is 0 Å². The van der Waals surface area contributed by atoms with Crippen LogP contribution in [0.2, 0.25) is 0 Å². The van der Waals surface area contributed by atoms with Crippen LogP contribution in [-0.4, -0.2) is 0 Å². The van der Waals surface area contributed by atoms with Gasteiger partial charge in [-0.05, 0) is 114 Å². The van der Waals surface area contributed by atoms with Crippen molar-refractivity contribution in [2.24, 2.45) is 0 Å². The molecular formula is C64H43NS. The molecule has 12 rings (SSSR count). The molecule has 0 N–H and O–H groups in total. The molecule has 12 aromatic rings. The van der Waals surface area contributed by atoms with E-state index in [1.165, 1.54) is 97.7 Å². The van der Waals surface area contributed by atoms with E-state index in [1.807, 2.05) is 11.3 Å². The lowest BCUT2D eigenvalue weighted by molar-refractivity contribution is 1.28. The molecule has 0 aliphatic carbocycles. The molecule has 2 heteroatoms. The van der Waals surface area contributed by atoms with Crippen LogP contribution in [0.15, 0.2) is 261 Å². The predicted octanol–water partition coefficient (Wildman–Crippen LogP) is 18.7. The monoisotopic (exact) mass is 857 g/mol. The number of thiophene rings is 1. The first kappa shape index (κ1) is 39.3. The first-order valence-corrected chi connectivity index (χ1v) is 23.4. The molecule has 0 saturated carbocycles. The van der Waals surface area contributed by atoms with E-state index >= 15 is 0 Å². The number of hydrogen-bond donors (Lipinski definition) is 0. The van der Waals surface area contributed by atoms with E-state index in [0.29, 0.717) is 0 Å². The van der Waals surface area contributed by atoms with Crippen molar-refractivity contribution in [3.8, 4) is 66.8 Å². The van der Waals surface area contributed by atoms with E-state index in [9.17, 15) is 0 Å². The molecule has 0 fully saturated rings. The average molecular weight is 858 g/mol. The molecule has 1 nitrogen and oxygen atoms in total. The van der Waals surface area contributed by atoms with Crippen molar-refractivity contribution in [3.63, 3.8) is 0 Å². The van der Waals surface area contributed by atoms with Crippen LogP contribution in [0.5, 0.6) is 0 Å². The van der Waals surface area contributed by atoms with Crippen molar-refractivity contribution in [1.29, 1.82) is 0 Å². The average Bonchev–Trinajstić information content (AvgIpc) is 3.79. The molecule has 0 amide bonds. The van der Waals surface area contributed by atoms with Gasteiger partial charge in [0.25, 0.3) is 0 Å². The standard InChI is InChI=1S/C64H43NS/c1-3-16-48(17-4-1)55-21-9-10-23-59(55)63-56(49-18-5-2-6-19-49)24-14-27-61(63)65(54-41-37-50(38-42-54)57-25-13-26-60-58-22-11-12-28-62(58)66-64(57)60)53-39-35-46(36-40-53)45-29-31-47(32-30-45)52-34-33-44-15-7-8-20-51(44)43-52/h1-43H. The Morgan fingerprint density at radius 1 is 0.273 bits per heavy atom. The van der Waals surface area contributed by atoms with Crippen LogP contribution < -0.4 is 4.90 Å². The lowest BCUT2D eigenvalue weighted by atomic mass is 9.87. The second-order valence-corrected chi connectivity index (χ2v) is 17.9. The molecule has 0 unspecified atom stereocenters. The molecule has 1 aromatic heterocycles. The SMILES string of the molecule is c1ccc(-c2ccccc2-c2c(-c3ccccc3)cccc2N(c2ccc(-c3ccc(-c4ccc5ccccc5c4)cc3)cc2)c2ccc(-c3cccc4c3sc3ccccc34)cc2)cc1. The summed E-state index contributed by atoms with van der Waals surface area (Å²) in [5.41, 5.74) is 17.6. The summed E-state index contributed by atoms with van der Waals surface area (Å²) >= 11 is 1.87. The number of nitrogens with zero attached hydrogens (tertiary/aromatic N) is 1. The number of anilines is 3. The Labute approximate surface area is 389 Å². The third-order valence-electron chi connectivity index (χ3n) is 12.9. The van der Waals surface area contributed by atoms with Crippen LogP contribution in [0, 0.1) is 0 Å². The van der Waals surface area contributed by atoms with Crippen LogP contribution in [0.25, 0.3) is 97.7 Å². The molecule has 1 heterocycles. The van der Waals surface area contributed by atoms with E-state index in [4.69, 9.17) is 0 Å². The zero-order valence-corrected chi connectivity index (χ0v) is 37.0. The quantitative estimate of drug-likeness (QED) is 0.140. The summed E-state index contributed by atoms with van der Waals surface area (Å²) in [5, 5.41) is 5.13. The highest BCUT2D eigenvalue weighted by atomic mass is 32.1. The second kappa shape index (κ2) is 17.0. The van der Waals surface area contributed by atoms with Gasteiger partial charge in [0, 0.05) is 37.1 Å². The van der Waals surface area contributed by atoms with Gasteiger partial charge in [0.2, 0.25) is 0 Å². The lowest BCUT2D eigenvalue weighted by Gasteiger charge is -2.30. The molecule has 0 aliphatic heterocycles. The molecule has 0 atom stereocenters. The molecule has 310 valence electrons. The zero-order chi connectivity index (χ0) is 43.8. The maximum atomic E-state index is 2.44. The predicted molar refractivity (Wildman–Crippen MR) is 284 cm³/mol. The highest BCUT2D eigenvalue weighted by Crippen LogP contribution is 2.49. The largest absolute Gasteiger partial charge is 0.310 e. The van der Waals surface area contributed by atoms with E-state index in [2.05, 4.69) is 266 Å². The highest BCUT2D eigenvalue weighted by Gasteiger charge is 2.23. The fourth-order valence-electron chi connectivity index (χ4n) is 9.66. The Hall–Kier alpha value is -8.30. The molecular weight excluding hydrogens is 815 g/mol. The fraction of sp³-hybridized carbons (Fsp3) is 0. The van der Waals surface area contributed by atoms with Gasteiger partial charge in [0.1, 0.15) is 0 Å². The molecule has 0 radical (unpaired) electrons. The number of fused-ring (bicyclic) bond motifs is 4. The maximum Gasteiger partial charge on any atom is 0.0546 e. The van der Waals surface area contributed by atoms with Gasteiger partial charge in [0.15, 0.2) is 0 Å². The number of rotatable bonds is 9. The van der Waals surface area contributed by atoms with Crippen LogP contribution in [-0.2, 0) is 0 Å². The molecule has 0 aliphatic rings. The van der Waals surface area contributed by atoms with Gasteiger partial charge in [-0.1, -0.05) is 218 Å². The summed E-state index contributed by atoms with van der Waals surface area (Å²) in [6.07, 6.45) is 0. The van der Waals surface area contributed by atoms with E-state index in [1.54, 1.807) is 0 Å². The third kappa shape index (κ3) is 7.24. The van der Waals surface area contributed by atoms with Gasteiger partial charge in [-0.25, -0.2) is 0 Å². The maximum absolute atomic E-state index is 2.44. The Balaban J connectivity index is 1.00. The van der Waals surface area contributed by atoms with Crippen LogP contribution in [0.4, 0.5) is 17.1 Å². The van der Waals surface area contributed by atoms with Crippen molar-refractivity contribution >= 4 is 59.3 Å². The van der Waals surface area contributed by atoms with Crippen molar-refractivity contribution in [3.05, 3.63) is 261 Å². The smallest absolute Gasteiger partial charge is 0.0546 e. The second-order valence-electron chi connectivity index (χ2n) is 16.8. The van der Waals surface area contributed by atoms with Gasteiger partial charge in [-0.3, -0.25) is 0 Å². The normalized spacial score (nSPS) is 11.3. The van der Waals surface area contributed by atoms with E-state index < -0.39 is 0 Å². The molecule has 0 saturated heterocycles. The van der Waals surface area contributed by atoms with Gasteiger partial charge >= 0.3 is 0 Å². The molecule has 0 bridgehead atoms. The summed E-state index contributed by atoms with van der Waals surface area (Å²) in [5.74, 6) is 0. The molecule has 0 spiro atoms.